The third kappa shape index (κ3) is 3.06. The van der Waals surface area contributed by atoms with Gasteiger partial charge in [0.05, 0.1) is 24.7 Å². The number of hydrogen-bond acceptors (Lipinski definition) is 5. The Bertz CT molecular complexity index is 922. The van der Waals surface area contributed by atoms with Crippen LogP contribution in [0.5, 0.6) is 5.88 Å². The number of aromatic nitrogens is 1. The molecule has 2 aromatic rings. The van der Waals surface area contributed by atoms with E-state index in [2.05, 4.69) is 4.98 Å². The van der Waals surface area contributed by atoms with Gasteiger partial charge in [-0.2, -0.15) is 9.57 Å². The Labute approximate surface area is 137 Å². The highest BCUT2D eigenvalue weighted by atomic mass is 32.2. The van der Waals surface area contributed by atoms with E-state index >= 15 is 0 Å². The van der Waals surface area contributed by atoms with Gasteiger partial charge in [0.25, 0.3) is 0 Å². The van der Waals surface area contributed by atoms with Gasteiger partial charge >= 0.3 is 0 Å². The molecule has 9 heteroatoms. The lowest BCUT2D eigenvalue weighted by molar-refractivity contribution is 0.0719. The van der Waals surface area contributed by atoms with Gasteiger partial charge in [-0.15, -0.1) is 0 Å². The standard InChI is InChI=1S/C15H11F2N3O3S/c16-11-1-2-13(17)14(6-11)24(21,22)20-8-12(9-20)23-15-5-10(7-18)3-4-19-15/h1-6,12H,8-9H2. The van der Waals surface area contributed by atoms with Crippen molar-refractivity contribution in [2.45, 2.75) is 11.0 Å². The summed E-state index contributed by atoms with van der Waals surface area (Å²) in [6.07, 6.45) is 0.932. The molecular weight excluding hydrogens is 340 g/mol. The summed E-state index contributed by atoms with van der Waals surface area (Å²) in [7, 11) is -4.13. The third-order valence-corrected chi connectivity index (χ3v) is 5.32. The van der Waals surface area contributed by atoms with E-state index in [0.29, 0.717) is 11.6 Å². The Hall–Kier alpha value is -2.57. The van der Waals surface area contributed by atoms with Crippen LogP contribution < -0.4 is 4.74 Å². The molecule has 1 fully saturated rings. The van der Waals surface area contributed by atoms with Crippen LogP contribution in [0.15, 0.2) is 41.4 Å². The molecule has 24 heavy (non-hydrogen) atoms. The fourth-order valence-corrected chi connectivity index (χ4v) is 3.78. The van der Waals surface area contributed by atoms with Gasteiger partial charge in [-0.05, 0) is 24.3 Å². The molecule has 1 saturated heterocycles. The summed E-state index contributed by atoms with van der Waals surface area (Å²) in [6, 6.07) is 7.16. The van der Waals surface area contributed by atoms with Crippen molar-refractivity contribution >= 4 is 10.0 Å². The van der Waals surface area contributed by atoms with Gasteiger partial charge in [-0.3, -0.25) is 0 Å². The van der Waals surface area contributed by atoms with Crippen LogP contribution in [0.4, 0.5) is 8.78 Å². The van der Waals surface area contributed by atoms with Crippen LogP contribution >= 0.6 is 0 Å². The molecule has 0 unspecified atom stereocenters. The molecule has 1 aromatic carbocycles. The maximum absolute atomic E-state index is 13.7. The molecule has 3 rings (SSSR count). The average Bonchev–Trinajstić information content (AvgIpc) is 2.52. The Morgan fingerprint density at radius 2 is 2.00 bits per heavy atom. The number of nitriles is 1. The van der Waals surface area contributed by atoms with Gasteiger partial charge in [0.2, 0.25) is 15.9 Å². The van der Waals surface area contributed by atoms with Crippen LogP contribution in [0.1, 0.15) is 5.56 Å². The van der Waals surface area contributed by atoms with E-state index in [1.807, 2.05) is 6.07 Å². The molecule has 6 nitrogen and oxygen atoms in total. The fraction of sp³-hybridized carbons (Fsp3) is 0.200. The van der Waals surface area contributed by atoms with Crippen molar-refractivity contribution in [2.75, 3.05) is 13.1 Å². The molecule has 124 valence electrons. The van der Waals surface area contributed by atoms with Gasteiger partial charge in [0.15, 0.2) is 0 Å². The monoisotopic (exact) mass is 351 g/mol. The number of benzene rings is 1. The van der Waals surface area contributed by atoms with E-state index in [1.165, 1.54) is 18.3 Å². The van der Waals surface area contributed by atoms with Gasteiger partial charge in [-0.1, -0.05) is 0 Å². The second kappa shape index (κ2) is 6.14. The molecule has 1 aliphatic heterocycles. The topological polar surface area (TPSA) is 83.3 Å². The number of ether oxygens (including phenoxy) is 1. The highest BCUT2D eigenvalue weighted by Gasteiger charge is 2.39. The number of nitrogens with zero attached hydrogens (tertiary/aromatic N) is 3. The highest BCUT2D eigenvalue weighted by molar-refractivity contribution is 7.89. The summed E-state index contributed by atoms with van der Waals surface area (Å²) in [5, 5.41) is 8.80. The average molecular weight is 351 g/mol. The first-order valence-corrected chi connectivity index (χ1v) is 8.32. The second-order valence-electron chi connectivity index (χ2n) is 5.13. The number of rotatable bonds is 4. The van der Waals surface area contributed by atoms with E-state index in [0.717, 1.165) is 16.4 Å². The Balaban J connectivity index is 1.69. The molecule has 0 radical (unpaired) electrons. The van der Waals surface area contributed by atoms with Gasteiger partial charge in [0.1, 0.15) is 22.6 Å². The lowest BCUT2D eigenvalue weighted by Crippen LogP contribution is -2.56. The molecular formula is C15H11F2N3O3S. The van der Waals surface area contributed by atoms with Gasteiger partial charge in [-0.25, -0.2) is 22.2 Å². The minimum absolute atomic E-state index is 0.0171. The van der Waals surface area contributed by atoms with Crippen LogP contribution in [0.25, 0.3) is 0 Å². The zero-order valence-corrected chi connectivity index (χ0v) is 13.0. The predicted molar refractivity (Wildman–Crippen MR) is 78.5 cm³/mol. The minimum atomic E-state index is -4.13. The molecule has 0 N–H and O–H groups in total. The van der Waals surface area contributed by atoms with Crippen molar-refractivity contribution in [3.05, 3.63) is 53.7 Å². The van der Waals surface area contributed by atoms with Crippen molar-refractivity contribution in [3.63, 3.8) is 0 Å². The summed E-state index contributed by atoms with van der Waals surface area (Å²) < 4.78 is 57.9. The molecule has 0 saturated carbocycles. The van der Waals surface area contributed by atoms with E-state index in [-0.39, 0.29) is 19.0 Å². The van der Waals surface area contributed by atoms with Crippen LogP contribution in [-0.2, 0) is 10.0 Å². The Kier molecular flexibility index (Phi) is 4.17. The number of sulfonamides is 1. The lowest BCUT2D eigenvalue weighted by atomic mass is 10.2. The second-order valence-corrected chi connectivity index (χ2v) is 7.04. The largest absolute Gasteiger partial charge is 0.471 e. The van der Waals surface area contributed by atoms with Crippen LogP contribution in [0.3, 0.4) is 0 Å². The Morgan fingerprint density at radius 3 is 2.71 bits per heavy atom. The zero-order valence-electron chi connectivity index (χ0n) is 12.2. The lowest BCUT2D eigenvalue weighted by Gasteiger charge is -2.37. The summed E-state index contributed by atoms with van der Waals surface area (Å²) in [5.41, 5.74) is 0.366. The first kappa shape index (κ1) is 16.3. The summed E-state index contributed by atoms with van der Waals surface area (Å²) in [5.74, 6) is -1.64. The van der Waals surface area contributed by atoms with E-state index in [4.69, 9.17) is 10.00 Å². The normalized spacial score (nSPS) is 15.5. The molecule has 1 aromatic heterocycles. The third-order valence-electron chi connectivity index (χ3n) is 3.48. The molecule has 0 atom stereocenters. The van der Waals surface area contributed by atoms with Crippen molar-refractivity contribution < 1.29 is 21.9 Å². The minimum Gasteiger partial charge on any atom is -0.471 e. The highest BCUT2D eigenvalue weighted by Crippen LogP contribution is 2.26. The van der Waals surface area contributed by atoms with Gasteiger partial charge in [0, 0.05) is 12.3 Å². The molecule has 0 aliphatic carbocycles. The number of halogens is 2. The van der Waals surface area contributed by atoms with Crippen molar-refractivity contribution in [3.8, 4) is 11.9 Å². The first-order valence-electron chi connectivity index (χ1n) is 6.88. The van der Waals surface area contributed by atoms with E-state index in [1.54, 1.807) is 0 Å². The maximum Gasteiger partial charge on any atom is 0.246 e. The van der Waals surface area contributed by atoms with E-state index < -0.39 is 32.7 Å². The Morgan fingerprint density at radius 1 is 1.25 bits per heavy atom. The quantitative estimate of drug-likeness (QED) is 0.837. The first-order chi connectivity index (χ1) is 11.4. The molecule has 1 aliphatic rings. The van der Waals surface area contributed by atoms with Crippen LogP contribution in [0, 0.1) is 23.0 Å². The van der Waals surface area contributed by atoms with E-state index in [9.17, 15) is 17.2 Å². The maximum atomic E-state index is 13.7. The van der Waals surface area contributed by atoms with Gasteiger partial charge < -0.3 is 4.74 Å². The summed E-state index contributed by atoms with van der Waals surface area (Å²) in [4.78, 5) is 3.23. The van der Waals surface area contributed by atoms with Crippen molar-refractivity contribution in [1.29, 1.82) is 5.26 Å². The number of hydrogen-bond donors (Lipinski definition) is 0. The molecule has 0 spiro atoms. The van der Waals surface area contributed by atoms with Crippen LogP contribution in [-0.4, -0.2) is 36.9 Å². The van der Waals surface area contributed by atoms with Crippen molar-refractivity contribution in [2.24, 2.45) is 0 Å². The van der Waals surface area contributed by atoms with Crippen molar-refractivity contribution in [1.82, 2.24) is 9.29 Å². The molecule has 0 amide bonds. The SMILES string of the molecule is N#Cc1ccnc(OC2CN(S(=O)(=O)c3cc(F)ccc3F)C2)c1. The molecule has 0 bridgehead atoms. The van der Waals surface area contributed by atoms with Crippen LogP contribution in [0.2, 0.25) is 0 Å². The summed E-state index contributed by atoms with van der Waals surface area (Å²) in [6.45, 7) is -0.0342. The fourth-order valence-electron chi connectivity index (χ4n) is 2.20. The predicted octanol–water partition coefficient (Wildman–Crippen LogP) is 1.68. The zero-order chi connectivity index (χ0) is 17.3. The smallest absolute Gasteiger partial charge is 0.246 e. The summed E-state index contributed by atoms with van der Waals surface area (Å²) >= 11 is 0. The number of pyridine rings is 1. The molecule has 2 heterocycles.